The lowest BCUT2D eigenvalue weighted by Gasteiger charge is -2.14. The fraction of sp³-hybridized carbons (Fsp3) is 0.0968. The van der Waals surface area contributed by atoms with Gasteiger partial charge in [-0.2, -0.15) is 22.9 Å². The van der Waals surface area contributed by atoms with Gasteiger partial charge in [0.25, 0.3) is 5.56 Å². The predicted molar refractivity (Wildman–Crippen MR) is 150 cm³/mol. The first-order chi connectivity index (χ1) is 20.2. The van der Waals surface area contributed by atoms with E-state index in [1.54, 1.807) is 54.6 Å². The molecule has 5 aromatic rings. The second kappa shape index (κ2) is 11.6. The number of hydrogen-bond acceptors (Lipinski definition) is 6. The number of fused-ring (bicyclic) bond motifs is 1. The number of aromatic carboxylic acids is 1. The van der Waals surface area contributed by atoms with E-state index in [1.165, 1.54) is 37.6 Å². The van der Waals surface area contributed by atoms with Crippen LogP contribution in [-0.4, -0.2) is 34.1 Å². The highest BCUT2D eigenvalue weighted by Crippen LogP contribution is 2.33. The molecule has 0 unspecified atom stereocenters. The molecule has 0 spiro atoms. The Kier molecular flexibility index (Phi) is 7.74. The average molecular weight is 574 g/mol. The van der Waals surface area contributed by atoms with E-state index in [1.807, 2.05) is 0 Å². The summed E-state index contributed by atoms with van der Waals surface area (Å²) < 4.78 is 52.9. The largest absolute Gasteiger partial charge is 0.493 e. The van der Waals surface area contributed by atoms with Gasteiger partial charge in [0.15, 0.2) is 17.3 Å². The molecule has 1 aromatic heterocycles. The number of carboxylic acid groups (broad SMARTS) is 1. The minimum atomic E-state index is -4.60. The van der Waals surface area contributed by atoms with Gasteiger partial charge in [-0.25, -0.2) is 9.78 Å². The lowest BCUT2D eigenvalue weighted by Crippen LogP contribution is -2.20. The summed E-state index contributed by atoms with van der Waals surface area (Å²) in [6.07, 6.45) is -3.26. The molecule has 8 nitrogen and oxygen atoms in total. The van der Waals surface area contributed by atoms with Crippen molar-refractivity contribution in [1.29, 1.82) is 0 Å². The van der Waals surface area contributed by atoms with Gasteiger partial charge >= 0.3 is 12.1 Å². The Morgan fingerprint density at radius 1 is 1.00 bits per heavy atom. The van der Waals surface area contributed by atoms with Crippen molar-refractivity contribution in [2.24, 2.45) is 5.10 Å². The Morgan fingerprint density at radius 3 is 2.45 bits per heavy atom. The van der Waals surface area contributed by atoms with Gasteiger partial charge in [-0.15, -0.1) is 0 Å². The normalized spacial score (nSPS) is 11.6. The molecule has 0 aliphatic heterocycles. The maximum atomic E-state index is 13.5. The van der Waals surface area contributed by atoms with Gasteiger partial charge in [0.1, 0.15) is 6.61 Å². The second-order valence-electron chi connectivity index (χ2n) is 9.06. The first-order valence-electron chi connectivity index (χ1n) is 12.5. The average Bonchev–Trinajstić information content (AvgIpc) is 2.99. The number of rotatable bonds is 8. The third-order valence-electron chi connectivity index (χ3n) is 6.33. The van der Waals surface area contributed by atoms with Crippen molar-refractivity contribution in [1.82, 2.24) is 9.66 Å². The molecular formula is C31H22F3N3O5. The summed E-state index contributed by atoms with van der Waals surface area (Å²) in [5.41, 5.74) is 0.125. The third-order valence-corrected chi connectivity index (χ3v) is 6.33. The van der Waals surface area contributed by atoms with Crippen molar-refractivity contribution in [3.8, 4) is 22.9 Å². The highest BCUT2D eigenvalue weighted by molar-refractivity contribution is 5.87. The number of alkyl halides is 3. The summed E-state index contributed by atoms with van der Waals surface area (Å²) in [7, 11) is 1.45. The Hall–Kier alpha value is -5.45. The molecule has 0 aliphatic carbocycles. The van der Waals surface area contributed by atoms with E-state index in [9.17, 15) is 22.8 Å². The van der Waals surface area contributed by atoms with Gasteiger partial charge in [-0.3, -0.25) is 4.79 Å². The van der Waals surface area contributed by atoms with Crippen LogP contribution < -0.4 is 15.0 Å². The third kappa shape index (κ3) is 5.85. The van der Waals surface area contributed by atoms with Gasteiger partial charge in [-0.1, -0.05) is 42.5 Å². The van der Waals surface area contributed by atoms with Crippen molar-refractivity contribution >= 4 is 23.1 Å². The highest BCUT2D eigenvalue weighted by Gasteiger charge is 2.31. The highest BCUT2D eigenvalue weighted by atomic mass is 19.4. The number of para-hydroxylation sites is 2. The van der Waals surface area contributed by atoms with Crippen LogP contribution in [0, 0.1) is 0 Å². The van der Waals surface area contributed by atoms with Crippen molar-refractivity contribution < 1.29 is 32.5 Å². The molecule has 1 heterocycles. The number of nitrogens with zero attached hydrogens (tertiary/aromatic N) is 3. The molecule has 212 valence electrons. The number of carboxylic acids is 1. The number of ether oxygens (including phenoxy) is 2. The van der Waals surface area contributed by atoms with Gasteiger partial charge in [0.2, 0.25) is 0 Å². The van der Waals surface area contributed by atoms with Crippen LogP contribution in [0.5, 0.6) is 11.5 Å². The predicted octanol–water partition coefficient (Wildman–Crippen LogP) is 6.25. The molecule has 0 saturated carbocycles. The standard InChI is InChI=1S/C31H22F3N3O5/c1-41-26-11-5-7-22(27(26)42-18-19-12-14-20(15-13-19)30(39)40)17-35-37-28(21-6-4-8-23(16-21)31(32,33)34)36-25-10-3-2-9-24(25)29(37)38/h2-17H,18H2,1H3,(H,39,40). The van der Waals surface area contributed by atoms with Crippen LogP contribution in [-0.2, 0) is 12.8 Å². The molecule has 0 saturated heterocycles. The lowest BCUT2D eigenvalue weighted by molar-refractivity contribution is -0.137. The Labute approximate surface area is 236 Å². The summed E-state index contributed by atoms with van der Waals surface area (Å²) in [5, 5.41) is 13.7. The zero-order valence-corrected chi connectivity index (χ0v) is 22.0. The molecule has 1 N–H and O–H groups in total. The van der Waals surface area contributed by atoms with E-state index in [2.05, 4.69) is 10.1 Å². The molecule has 0 radical (unpaired) electrons. The Balaban J connectivity index is 1.57. The SMILES string of the molecule is COc1cccc(C=Nn2c(-c3cccc(C(F)(F)F)c3)nc3ccccc3c2=O)c1OCc1ccc(C(=O)O)cc1. The van der Waals surface area contributed by atoms with Crippen LogP contribution in [0.1, 0.15) is 27.0 Å². The molecule has 0 atom stereocenters. The fourth-order valence-electron chi connectivity index (χ4n) is 4.22. The Bertz CT molecular complexity index is 1870. The molecule has 5 rings (SSSR count). The van der Waals surface area contributed by atoms with Crippen LogP contribution in [0.15, 0.2) is 101 Å². The summed E-state index contributed by atoms with van der Waals surface area (Å²) in [6, 6.07) is 22.2. The minimum Gasteiger partial charge on any atom is -0.493 e. The summed E-state index contributed by atoms with van der Waals surface area (Å²) >= 11 is 0. The molecule has 0 fully saturated rings. The topological polar surface area (TPSA) is 103 Å². The molecule has 0 amide bonds. The summed E-state index contributed by atoms with van der Waals surface area (Å²) in [4.78, 5) is 29.1. The first kappa shape index (κ1) is 28.1. The number of benzene rings is 4. The van der Waals surface area contributed by atoms with E-state index >= 15 is 0 Å². The molecule has 4 aromatic carbocycles. The zero-order valence-electron chi connectivity index (χ0n) is 22.0. The van der Waals surface area contributed by atoms with E-state index in [-0.39, 0.29) is 34.7 Å². The molecule has 0 bridgehead atoms. The minimum absolute atomic E-state index is 0.0525. The number of methoxy groups -OCH3 is 1. The van der Waals surface area contributed by atoms with Crippen LogP contribution in [0.25, 0.3) is 22.3 Å². The first-order valence-corrected chi connectivity index (χ1v) is 12.5. The Morgan fingerprint density at radius 2 is 1.74 bits per heavy atom. The maximum absolute atomic E-state index is 13.5. The number of hydrogen-bond donors (Lipinski definition) is 1. The van der Waals surface area contributed by atoms with E-state index < -0.39 is 23.3 Å². The van der Waals surface area contributed by atoms with Crippen LogP contribution in [0.3, 0.4) is 0 Å². The van der Waals surface area contributed by atoms with Crippen molar-refractivity contribution in [3.05, 3.63) is 124 Å². The summed E-state index contributed by atoms with van der Waals surface area (Å²) in [6.45, 7) is 0.0636. The monoisotopic (exact) mass is 573 g/mol. The van der Waals surface area contributed by atoms with Gasteiger partial charge in [0, 0.05) is 11.1 Å². The molecule has 11 heteroatoms. The molecule has 42 heavy (non-hydrogen) atoms. The van der Waals surface area contributed by atoms with E-state index in [0.717, 1.165) is 16.8 Å². The van der Waals surface area contributed by atoms with Gasteiger partial charge in [-0.05, 0) is 54.1 Å². The number of halogens is 3. The number of carbonyl (C=O) groups is 1. The molecular weight excluding hydrogens is 551 g/mol. The summed E-state index contributed by atoms with van der Waals surface area (Å²) in [5.74, 6) is -0.477. The van der Waals surface area contributed by atoms with Crippen LogP contribution in [0.4, 0.5) is 13.2 Å². The maximum Gasteiger partial charge on any atom is 0.416 e. The molecule has 0 aliphatic rings. The van der Waals surface area contributed by atoms with Gasteiger partial charge < -0.3 is 14.6 Å². The van der Waals surface area contributed by atoms with E-state index in [0.29, 0.717) is 22.4 Å². The smallest absolute Gasteiger partial charge is 0.416 e. The van der Waals surface area contributed by atoms with Crippen LogP contribution in [0.2, 0.25) is 0 Å². The second-order valence-corrected chi connectivity index (χ2v) is 9.06. The fourth-order valence-corrected chi connectivity index (χ4v) is 4.22. The van der Waals surface area contributed by atoms with Crippen molar-refractivity contribution in [2.45, 2.75) is 12.8 Å². The van der Waals surface area contributed by atoms with Crippen molar-refractivity contribution in [2.75, 3.05) is 7.11 Å². The van der Waals surface area contributed by atoms with E-state index in [4.69, 9.17) is 14.6 Å². The lowest BCUT2D eigenvalue weighted by atomic mass is 10.1. The quantitative estimate of drug-likeness (QED) is 0.220. The van der Waals surface area contributed by atoms with Crippen molar-refractivity contribution in [3.63, 3.8) is 0 Å². The van der Waals surface area contributed by atoms with Crippen LogP contribution >= 0.6 is 0 Å². The number of aromatic nitrogens is 2. The van der Waals surface area contributed by atoms with Gasteiger partial charge in [0.05, 0.1) is 35.4 Å². The zero-order chi connectivity index (χ0) is 29.9.